The number of carbonyl (C=O) groups is 2. The number of carbonyl (C=O) groups excluding carboxylic acids is 2. The first-order chi connectivity index (χ1) is 14.3. The molecule has 1 aliphatic rings. The third kappa shape index (κ3) is 4.59. The minimum atomic E-state index is -0.335. The van der Waals surface area contributed by atoms with Crippen molar-refractivity contribution in [2.24, 2.45) is 0 Å². The van der Waals surface area contributed by atoms with E-state index in [1.807, 2.05) is 38.1 Å². The Kier molecular flexibility index (Phi) is 6.34. The highest BCUT2D eigenvalue weighted by Gasteiger charge is 2.37. The van der Waals surface area contributed by atoms with Crippen molar-refractivity contribution in [3.8, 4) is 5.75 Å². The molecule has 1 saturated heterocycles. The molecule has 30 heavy (non-hydrogen) atoms. The summed E-state index contributed by atoms with van der Waals surface area (Å²) in [6.45, 7) is 6.57. The number of hydrogen-bond donors (Lipinski definition) is 1. The van der Waals surface area contributed by atoms with Crippen LogP contribution in [0.1, 0.15) is 26.3 Å². The van der Waals surface area contributed by atoms with Gasteiger partial charge < -0.3 is 15.0 Å². The Bertz CT molecular complexity index is 986. The Morgan fingerprint density at radius 3 is 2.47 bits per heavy atom. The molecule has 0 unspecified atom stereocenters. The summed E-state index contributed by atoms with van der Waals surface area (Å²) in [6.07, 6.45) is 3.85. The number of rotatable bonds is 8. The van der Waals surface area contributed by atoms with Gasteiger partial charge >= 0.3 is 6.03 Å². The average molecular weight is 409 g/mol. The highest BCUT2D eigenvalue weighted by Crippen LogP contribution is 2.22. The van der Waals surface area contributed by atoms with Crippen molar-refractivity contribution in [1.82, 2.24) is 14.7 Å². The molecule has 1 fully saturated rings. The molecular weight excluding hydrogens is 382 g/mol. The maximum atomic E-state index is 12.8. The van der Waals surface area contributed by atoms with Crippen molar-refractivity contribution in [2.75, 3.05) is 25.1 Å². The quantitative estimate of drug-likeness (QED) is 0.535. The summed E-state index contributed by atoms with van der Waals surface area (Å²) >= 11 is 0. The lowest BCUT2D eigenvalue weighted by molar-refractivity contribution is -0.116. The van der Waals surface area contributed by atoms with Crippen molar-refractivity contribution < 1.29 is 14.3 Å². The molecule has 0 bridgehead atoms. The van der Waals surface area contributed by atoms with Gasteiger partial charge in [0.15, 0.2) is 0 Å². The van der Waals surface area contributed by atoms with Crippen LogP contribution in [-0.2, 0) is 17.8 Å². The molecule has 0 saturated carbocycles. The van der Waals surface area contributed by atoms with E-state index in [9.17, 15) is 9.59 Å². The average Bonchev–Trinajstić information content (AvgIpc) is 3.27. The van der Waals surface area contributed by atoms with Gasteiger partial charge in [-0.25, -0.2) is 9.69 Å². The fourth-order valence-electron chi connectivity index (χ4n) is 3.40. The van der Waals surface area contributed by atoms with Crippen molar-refractivity contribution in [2.45, 2.75) is 33.7 Å². The topological polar surface area (TPSA) is 91.5 Å². The van der Waals surface area contributed by atoms with Crippen LogP contribution in [0.3, 0.4) is 0 Å². The number of aromatic nitrogens is 2. The van der Waals surface area contributed by atoms with Crippen molar-refractivity contribution in [1.29, 1.82) is 5.41 Å². The largest absolute Gasteiger partial charge is 0.497 e. The maximum Gasteiger partial charge on any atom is 0.331 e. The molecule has 1 aromatic heterocycles. The Balaban J connectivity index is 1.66. The van der Waals surface area contributed by atoms with E-state index in [0.717, 1.165) is 22.5 Å². The fourth-order valence-corrected chi connectivity index (χ4v) is 3.40. The lowest BCUT2D eigenvalue weighted by Crippen LogP contribution is -2.33. The minimum Gasteiger partial charge on any atom is -0.497 e. The summed E-state index contributed by atoms with van der Waals surface area (Å²) in [5.41, 5.74) is 3.92. The third-order valence-corrected chi connectivity index (χ3v) is 5.12. The zero-order chi connectivity index (χ0) is 21.8. The number of ether oxygens (including phenoxy) is 1. The SMILES string of the molecule is COc1ccc(CCN2CC(=O)N(c3cnn(CC(C(C)=N)=C(C)C)c3)C2=O)cc1. The standard InChI is InChI=1S/C22H27N5O3/c1-15(2)20(16(3)23)13-26-12-18(11-24-26)27-21(28)14-25(22(27)29)10-9-17-5-7-19(30-4)8-6-17/h5-8,11-12,23H,9-10,13-14H2,1-4H3. The van der Waals surface area contributed by atoms with Crippen LogP contribution >= 0.6 is 0 Å². The number of hydrogen-bond acceptors (Lipinski definition) is 5. The van der Waals surface area contributed by atoms with Crippen LogP contribution in [0, 0.1) is 5.41 Å². The first kappa shape index (κ1) is 21.3. The highest BCUT2D eigenvalue weighted by atomic mass is 16.5. The van der Waals surface area contributed by atoms with E-state index in [2.05, 4.69) is 5.10 Å². The molecular formula is C22H27N5O3. The number of benzene rings is 1. The Hall–Kier alpha value is -3.42. The van der Waals surface area contributed by atoms with Gasteiger partial charge in [-0.2, -0.15) is 5.10 Å². The number of imide groups is 1. The number of nitrogens with one attached hydrogen (secondary N) is 1. The number of anilines is 1. The molecule has 0 atom stereocenters. The number of methoxy groups -OCH3 is 1. The van der Waals surface area contributed by atoms with E-state index < -0.39 is 0 Å². The first-order valence-electron chi connectivity index (χ1n) is 9.79. The van der Waals surface area contributed by atoms with Crippen LogP contribution in [0.15, 0.2) is 47.8 Å². The molecule has 3 amide bonds. The molecule has 158 valence electrons. The summed E-state index contributed by atoms with van der Waals surface area (Å²) < 4.78 is 6.80. The van der Waals surface area contributed by atoms with Gasteiger partial charge in [-0.1, -0.05) is 17.7 Å². The smallest absolute Gasteiger partial charge is 0.331 e. The van der Waals surface area contributed by atoms with Crippen LogP contribution in [0.5, 0.6) is 5.75 Å². The summed E-state index contributed by atoms with van der Waals surface area (Å²) in [5, 5.41) is 12.2. The lowest BCUT2D eigenvalue weighted by atomic mass is 10.1. The molecule has 2 aromatic rings. The first-order valence-corrected chi connectivity index (χ1v) is 9.79. The molecule has 1 aliphatic heterocycles. The van der Waals surface area contributed by atoms with E-state index in [1.165, 1.54) is 11.1 Å². The molecule has 0 radical (unpaired) electrons. The van der Waals surface area contributed by atoms with Gasteiger partial charge in [-0.05, 0) is 50.5 Å². The molecule has 8 heteroatoms. The number of allylic oxidation sites excluding steroid dienone is 2. The summed E-state index contributed by atoms with van der Waals surface area (Å²) in [5.74, 6) is 0.517. The van der Waals surface area contributed by atoms with E-state index in [1.54, 1.807) is 29.8 Å². The molecule has 1 N–H and O–H groups in total. The van der Waals surface area contributed by atoms with E-state index in [-0.39, 0.29) is 18.5 Å². The third-order valence-electron chi connectivity index (χ3n) is 5.12. The molecule has 0 aliphatic carbocycles. The van der Waals surface area contributed by atoms with Crippen LogP contribution < -0.4 is 9.64 Å². The molecule has 2 heterocycles. The second-order valence-electron chi connectivity index (χ2n) is 7.53. The Labute approximate surface area is 176 Å². The maximum absolute atomic E-state index is 12.8. The normalized spacial score (nSPS) is 13.7. The molecule has 8 nitrogen and oxygen atoms in total. The van der Waals surface area contributed by atoms with Gasteiger partial charge in [-0.3, -0.25) is 9.48 Å². The second-order valence-corrected chi connectivity index (χ2v) is 7.53. The summed E-state index contributed by atoms with van der Waals surface area (Å²) in [4.78, 5) is 28.0. The molecule has 0 spiro atoms. The van der Waals surface area contributed by atoms with Gasteiger partial charge in [-0.15, -0.1) is 0 Å². The van der Waals surface area contributed by atoms with Crippen LogP contribution in [0.2, 0.25) is 0 Å². The van der Waals surface area contributed by atoms with Gasteiger partial charge in [0.25, 0.3) is 5.91 Å². The van der Waals surface area contributed by atoms with E-state index in [0.29, 0.717) is 30.9 Å². The predicted molar refractivity (Wildman–Crippen MR) is 115 cm³/mol. The summed E-state index contributed by atoms with van der Waals surface area (Å²) in [7, 11) is 1.62. The number of urea groups is 1. The molecule has 1 aromatic carbocycles. The van der Waals surface area contributed by atoms with Crippen LogP contribution in [-0.4, -0.2) is 52.5 Å². The van der Waals surface area contributed by atoms with Gasteiger partial charge in [0.2, 0.25) is 0 Å². The monoisotopic (exact) mass is 409 g/mol. The Morgan fingerprint density at radius 2 is 1.87 bits per heavy atom. The van der Waals surface area contributed by atoms with Gasteiger partial charge in [0.1, 0.15) is 12.3 Å². The van der Waals surface area contributed by atoms with Crippen molar-refractivity contribution >= 4 is 23.3 Å². The highest BCUT2D eigenvalue weighted by molar-refractivity contribution is 6.19. The zero-order valence-corrected chi connectivity index (χ0v) is 17.8. The number of nitrogens with zero attached hydrogens (tertiary/aromatic N) is 4. The summed E-state index contributed by atoms with van der Waals surface area (Å²) in [6, 6.07) is 7.33. The van der Waals surface area contributed by atoms with Crippen LogP contribution in [0.4, 0.5) is 10.5 Å². The predicted octanol–water partition coefficient (Wildman–Crippen LogP) is 3.28. The van der Waals surface area contributed by atoms with Gasteiger partial charge in [0.05, 0.1) is 25.5 Å². The van der Waals surface area contributed by atoms with Gasteiger partial charge in [0, 0.05) is 18.5 Å². The zero-order valence-electron chi connectivity index (χ0n) is 17.8. The van der Waals surface area contributed by atoms with Crippen molar-refractivity contribution in [3.05, 3.63) is 53.4 Å². The van der Waals surface area contributed by atoms with Crippen LogP contribution in [0.25, 0.3) is 0 Å². The number of amides is 3. The molecule has 3 rings (SSSR count). The van der Waals surface area contributed by atoms with E-state index >= 15 is 0 Å². The van der Waals surface area contributed by atoms with Crippen molar-refractivity contribution in [3.63, 3.8) is 0 Å². The Morgan fingerprint density at radius 1 is 1.17 bits per heavy atom. The minimum absolute atomic E-state index is 0.0546. The lowest BCUT2D eigenvalue weighted by Gasteiger charge is -2.16. The second kappa shape index (κ2) is 8.94. The fraction of sp³-hybridized carbons (Fsp3) is 0.364. The van der Waals surface area contributed by atoms with E-state index in [4.69, 9.17) is 10.1 Å².